The molecule has 0 saturated carbocycles. The summed E-state index contributed by atoms with van der Waals surface area (Å²) in [5.74, 6) is 0.367. The third-order valence-corrected chi connectivity index (χ3v) is 4.70. The van der Waals surface area contributed by atoms with Crippen molar-refractivity contribution in [3.05, 3.63) is 39.4 Å². The minimum absolute atomic E-state index is 0.183. The molecule has 0 amide bonds. The third-order valence-electron chi connectivity index (χ3n) is 3.84. The van der Waals surface area contributed by atoms with Crippen LogP contribution in [0.15, 0.2) is 22.7 Å². The quantitative estimate of drug-likeness (QED) is 0.838. The van der Waals surface area contributed by atoms with E-state index in [1.165, 1.54) is 0 Å². The zero-order chi connectivity index (χ0) is 13.6. The average Bonchev–Trinajstić information content (AvgIpc) is 2.66. The van der Waals surface area contributed by atoms with Crippen molar-refractivity contribution in [3.63, 3.8) is 0 Å². The van der Waals surface area contributed by atoms with Crippen LogP contribution in [0.4, 0.5) is 0 Å². The summed E-state index contributed by atoms with van der Waals surface area (Å²) >= 11 is 3.49. The van der Waals surface area contributed by atoms with Crippen LogP contribution in [-0.2, 0) is 12.8 Å². The molecule has 0 atom stereocenters. The van der Waals surface area contributed by atoms with E-state index in [0.29, 0.717) is 0 Å². The summed E-state index contributed by atoms with van der Waals surface area (Å²) in [7, 11) is 0. The van der Waals surface area contributed by atoms with Crippen LogP contribution < -0.4 is 0 Å². The summed E-state index contributed by atoms with van der Waals surface area (Å²) in [6.45, 7) is 2.01. The Morgan fingerprint density at radius 3 is 2.16 bits per heavy atom. The second-order valence-electron chi connectivity index (χ2n) is 5.08. The topological polar surface area (TPSA) is 45.4 Å². The summed E-state index contributed by atoms with van der Waals surface area (Å²) in [6.07, 6.45) is 3.83. The number of rotatable bonds is 1. The summed E-state index contributed by atoms with van der Waals surface area (Å²) in [4.78, 5) is 0. The Balaban J connectivity index is 2.19. The first-order valence-electron chi connectivity index (χ1n) is 6.50. The van der Waals surface area contributed by atoms with E-state index in [-0.39, 0.29) is 11.8 Å². The fraction of sp³-hybridized carbons (Fsp3) is 0.333. The van der Waals surface area contributed by atoms with Crippen molar-refractivity contribution in [2.75, 3.05) is 0 Å². The Morgan fingerprint density at radius 1 is 1.05 bits per heavy atom. The first-order valence-corrected chi connectivity index (χ1v) is 7.30. The number of hydrogen-bond acceptors (Lipinski definition) is 2. The van der Waals surface area contributed by atoms with Crippen molar-refractivity contribution in [2.24, 2.45) is 0 Å². The van der Waals surface area contributed by atoms with Gasteiger partial charge in [-0.15, -0.1) is 0 Å². The van der Waals surface area contributed by atoms with Crippen molar-refractivity contribution in [1.29, 1.82) is 0 Å². The average molecular weight is 322 g/mol. The molecule has 1 aromatic carbocycles. The van der Waals surface area contributed by atoms with Crippen molar-refractivity contribution >= 4 is 15.9 Å². The van der Waals surface area contributed by atoms with Crippen LogP contribution in [0.25, 0.3) is 5.69 Å². The minimum atomic E-state index is 0.183. The number of aryl methyl sites for hydroxylation is 1. The van der Waals surface area contributed by atoms with Gasteiger partial charge in [-0.2, -0.15) is 0 Å². The van der Waals surface area contributed by atoms with E-state index in [1.807, 2.05) is 25.1 Å². The Bertz CT molecular complexity index is 617. The molecule has 0 bridgehead atoms. The van der Waals surface area contributed by atoms with Crippen LogP contribution in [0.1, 0.15) is 29.5 Å². The maximum Gasteiger partial charge on any atom is 0.202 e. The number of hydrogen-bond donors (Lipinski definition) is 2. The van der Waals surface area contributed by atoms with Gasteiger partial charge in [-0.25, -0.2) is 0 Å². The second kappa shape index (κ2) is 4.60. The van der Waals surface area contributed by atoms with Gasteiger partial charge in [0, 0.05) is 15.6 Å². The molecule has 1 aliphatic rings. The molecular formula is C15H16BrNO2. The molecule has 3 nitrogen and oxygen atoms in total. The van der Waals surface area contributed by atoms with E-state index in [4.69, 9.17) is 0 Å². The van der Waals surface area contributed by atoms with Crippen LogP contribution in [0.5, 0.6) is 11.8 Å². The minimum Gasteiger partial charge on any atom is -0.494 e. The molecule has 1 aromatic heterocycles. The lowest BCUT2D eigenvalue weighted by Gasteiger charge is -2.09. The first kappa shape index (κ1) is 12.6. The van der Waals surface area contributed by atoms with Gasteiger partial charge < -0.3 is 10.2 Å². The summed E-state index contributed by atoms with van der Waals surface area (Å²) in [5.41, 5.74) is 3.71. The largest absolute Gasteiger partial charge is 0.494 e. The highest BCUT2D eigenvalue weighted by Crippen LogP contribution is 2.41. The highest BCUT2D eigenvalue weighted by atomic mass is 79.9. The van der Waals surface area contributed by atoms with Crippen molar-refractivity contribution in [3.8, 4) is 17.4 Å². The monoisotopic (exact) mass is 321 g/mol. The molecule has 2 aromatic rings. The lowest BCUT2D eigenvalue weighted by molar-refractivity contribution is 0.399. The van der Waals surface area contributed by atoms with Crippen molar-refractivity contribution in [2.45, 2.75) is 32.6 Å². The standard InChI is InChI=1S/C15H16BrNO2/c1-9-6-7-10(8-13(9)16)17-14(18)11-4-2-3-5-12(11)15(17)19/h6-8,18-19H,2-5H2,1H3. The fourth-order valence-corrected chi connectivity index (χ4v) is 3.10. The molecule has 1 heterocycles. The van der Waals surface area contributed by atoms with Crippen LogP contribution in [0, 0.1) is 6.92 Å². The molecule has 0 unspecified atom stereocenters. The molecule has 0 spiro atoms. The van der Waals surface area contributed by atoms with Crippen LogP contribution in [0.2, 0.25) is 0 Å². The van der Waals surface area contributed by atoms with Gasteiger partial charge in [0.1, 0.15) is 0 Å². The van der Waals surface area contributed by atoms with Gasteiger partial charge in [-0.05, 0) is 50.3 Å². The summed E-state index contributed by atoms with van der Waals surface area (Å²) < 4.78 is 2.51. The lowest BCUT2D eigenvalue weighted by atomic mass is 9.95. The first-order chi connectivity index (χ1) is 9.09. The molecule has 0 aliphatic heterocycles. The molecule has 4 heteroatoms. The fourth-order valence-electron chi connectivity index (χ4n) is 2.73. The maximum absolute atomic E-state index is 10.4. The predicted octanol–water partition coefficient (Wildman–Crippen LogP) is 3.84. The van der Waals surface area contributed by atoms with Gasteiger partial charge in [-0.3, -0.25) is 4.57 Å². The molecule has 0 radical (unpaired) electrons. The van der Waals surface area contributed by atoms with Gasteiger partial charge >= 0.3 is 0 Å². The normalized spacial score (nSPS) is 14.4. The second-order valence-corrected chi connectivity index (χ2v) is 5.93. The van der Waals surface area contributed by atoms with Crippen molar-refractivity contribution in [1.82, 2.24) is 4.57 Å². The van der Waals surface area contributed by atoms with Gasteiger partial charge in [0.25, 0.3) is 0 Å². The molecule has 2 N–H and O–H groups in total. The van der Waals surface area contributed by atoms with Gasteiger partial charge in [0.15, 0.2) is 0 Å². The van der Waals surface area contributed by atoms with E-state index in [9.17, 15) is 10.2 Å². The van der Waals surface area contributed by atoms with Gasteiger partial charge in [0.05, 0.1) is 5.69 Å². The molecule has 0 saturated heterocycles. The highest BCUT2D eigenvalue weighted by molar-refractivity contribution is 9.10. The van der Waals surface area contributed by atoms with E-state index < -0.39 is 0 Å². The molecule has 100 valence electrons. The smallest absolute Gasteiger partial charge is 0.202 e. The van der Waals surface area contributed by atoms with Crippen LogP contribution >= 0.6 is 15.9 Å². The Kier molecular flexibility index (Phi) is 3.05. The summed E-state index contributed by atoms with van der Waals surface area (Å²) in [6, 6.07) is 5.79. The van der Waals surface area contributed by atoms with Gasteiger partial charge in [0.2, 0.25) is 11.8 Å². The Hall–Kier alpha value is -1.42. The molecule has 0 fully saturated rings. The Labute approximate surface area is 120 Å². The highest BCUT2D eigenvalue weighted by Gasteiger charge is 2.25. The summed E-state index contributed by atoms with van der Waals surface area (Å²) in [5, 5.41) is 20.7. The zero-order valence-electron chi connectivity index (χ0n) is 10.8. The van der Waals surface area contributed by atoms with E-state index >= 15 is 0 Å². The van der Waals surface area contributed by atoms with E-state index in [2.05, 4.69) is 15.9 Å². The third kappa shape index (κ3) is 1.94. The molecular weight excluding hydrogens is 306 g/mol. The van der Waals surface area contributed by atoms with E-state index in [1.54, 1.807) is 4.57 Å². The zero-order valence-corrected chi connectivity index (χ0v) is 12.4. The van der Waals surface area contributed by atoms with Crippen molar-refractivity contribution < 1.29 is 10.2 Å². The molecule has 1 aliphatic carbocycles. The van der Waals surface area contributed by atoms with Gasteiger partial charge in [-0.1, -0.05) is 22.0 Å². The predicted molar refractivity (Wildman–Crippen MR) is 78.2 cm³/mol. The number of fused-ring (bicyclic) bond motifs is 1. The van der Waals surface area contributed by atoms with E-state index in [0.717, 1.165) is 52.5 Å². The molecule has 3 rings (SSSR count). The Morgan fingerprint density at radius 2 is 1.63 bits per heavy atom. The lowest BCUT2D eigenvalue weighted by Crippen LogP contribution is -1.98. The maximum atomic E-state index is 10.4. The van der Waals surface area contributed by atoms with Crippen LogP contribution in [-0.4, -0.2) is 14.8 Å². The number of nitrogens with zero attached hydrogens (tertiary/aromatic N) is 1. The molecule has 19 heavy (non-hydrogen) atoms. The number of aromatic nitrogens is 1. The number of aromatic hydroxyl groups is 2. The number of benzene rings is 1. The van der Waals surface area contributed by atoms with Crippen LogP contribution in [0.3, 0.4) is 0 Å². The number of halogens is 1. The SMILES string of the molecule is Cc1ccc(-n2c(O)c3c(c2O)CCCC3)cc1Br.